The predicted octanol–water partition coefficient (Wildman–Crippen LogP) is 10.6. The Morgan fingerprint density at radius 2 is 0.526 bits per heavy atom. The number of hydrogen-bond donors (Lipinski definition) is 0. The fourth-order valence-electron chi connectivity index (χ4n) is 4.49. The molecule has 0 nitrogen and oxygen atoms in total. The molecule has 0 amide bonds. The van der Waals surface area contributed by atoms with Crippen molar-refractivity contribution >= 4 is 36.5 Å². The van der Waals surface area contributed by atoms with E-state index in [4.69, 9.17) is 0 Å². The minimum Gasteiger partial charge on any atom is -0.0625 e. The molecule has 0 aliphatic rings. The molecule has 0 bridgehead atoms. The molecule has 0 radical (unpaired) electrons. The van der Waals surface area contributed by atoms with Crippen molar-refractivity contribution in [3.8, 4) is 0 Å². The van der Waals surface area contributed by atoms with Crippen LogP contribution >= 0.6 is 0 Å². The maximum absolute atomic E-state index is 2.26. The van der Waals surface area contributed by atoms with Crippen molar-refractivity contribution < 1.29 is 0 Å². The van der Waals surface area contributed by atoms with E-state index in [2.05, 4.69) is 161 Å². The third-order valence-electron chi connectivity index (χ3n) is 6.52. The van der Waals surface area contributed by atoms with Gasteiger partial charge in [0.2, 0.25) is 0 Å². The zero-order chi connectivity index (χ0) is 26.7. The Hall–Kier alpha value is -3.90. The van der Waals surface area contributed by atoms with Crippen molar-refractivity contribution in [2.45, 2.75) is 40.5 Å². The summed E-state index contributed by atoms with van der Waals surface area (Å²) in [5.41, 5.74) is 10.1. The molecule has 4 aromatic carbocycles. The molecule has 0 aliphatic heterocycles. The lowest BCUT2D eigenvalue weighted by Gasteiger charge is -2.04. The van der Waals surface area contributed by atoms with Gasteiger partial charge in [0.15, 0.2) is 0 Å². The molecule has 0 aliphatic carbocycles. The first kappa shape index (κ1) is 27.1. The highest BCUT2D eigenvalue weighted by Crippen LogP contribution is 2.16. The van der Waals surface area contributed by atoms with Crippen LogP contribution in [0.25, 0.3) is 36.5 Å². The van der Waals surface area contributed by atoms with E-state index in [9.17, 15) is 0 Å². The van der Waals surface area contributed by atoms with Gasteiger partial charge in [-0.3, -0.25) is 0 Å². The van der Waals surface area contributed by atoms with Crippen molar-refractivity contribution in [3.05, 3.63) is 142 Å². The molecule has 0 saturated heterocycles. The lowest BCUT2D eigenvalue weighted by molar-refractivity contribution is 0.647. The van der Waals surface area contributed by atoms with Gasteiger partial charge >= 0.3 is 0 Å². The highest BCUT2D eigenvalue weighted by Gasteiger charge is 1.98. The average molecular weight is 497 g/mol. The zero-order valence-corrected chi connectivity index (χ0v) is 23.3. The summed E-state index contributed by atoms with van der Waals surface area (Å²) in [6, 6.07) is 35.2. The monoisotopic (exact) mass is 496 g/mol. The van der Waals surface area contributed by atoms with Crippen LogP contribution in [0.2, 0.25) is 0 Å². The maximum Gasteiger partial charge on any atom is -0.0256 e. The second-order valence-corrected chi connectivity index (χ2v) is 11.0. The van der Waals surface area contributed by atoms with Crippen LogP contribution in [0.1, 0.15) is 72.2 Å². The number of hydrogen-bond acceptors (Lipinski definition) is 0. The molecule has 192 valence electrons. The molecular weight excluding hydrogens is 456 g/mol. The highest BCUT2D eigenvalue weighted by atomic mass is 14.0. The van der Waals surface area contributed by atoms with Gasteiger partial charge in [0.05, 0.1) is 0 Å². The first-order chi connectivity index (χ1) is 18.4. The van der Waals surface area contributed by atoms with Crippen LogP contribution in [0.15, 0.2) is 97.1 Å². The summed E-state index contributed by atoms with van der Waals surface area (Å²) in [4.78, 5) is 0. The second kappa shape index (κ2) is 13.6. The Morgan fingerprint density at radius 1 is 0.342 bits per heavy atom. The van der Waals surface area contributed by atoms with Crippen LogP contribution in [-0.4, -0.2) is 0 Å². The first-order valence-corrected chi connectivity index (χ1v) is 13.9. The van der Waals surface area contributed by atoms with Crippen LogP contribution < -0.4 is 0 Å². The van der Waals surface area contributed by atoms with E-state index >= 15 is 0 Å². The van der Waals surface area contributed by atoms with Gasteiger partial charge in [0, 0.05) is 0 Å². The molecule has 4 rings (SSSR count). The van der Waals surface area contributed by atoms with Gasteiger partial charge in [-0.25, -0.2) is 0 Å². The van der Waals surface area contributed by atoms with E-state index in [1.54, 1.807) is 0 Å². The summed E-state index contributed by atoms with van der Waals surface area (Å²) >= 11 is 0. The van der Waals surface area contributed by atoms with Crippen molar-refractivity contribution in [3.63, 3.8) is 0 Å². The molecular formula is C38H40. The van der Waals surface area contributed by atoms with Gasteiger partial charge in [-0.2, -0.15) is 0 Å². The van der Waals surface area contributed by atoms with E-state index < -0.39 is 0 Å². The van der Waals surface area contributed by atoms with Crippen LogP contribution in [0.3, 0.4) is 0 Å². The molecule has 0 N–H and O–H groups in total. The third-order valence-corrected chi connectivity index (χ3v) is 6.52. The Morgan fingerprint density at radius 3 is 0.711 bits per heavy atom. The average Bonchev–Trinajstić information content (AvgIpc) is 2.92. The summed E-state index contributed by atoms with van der Waals surface area (Å²) in [7, 11) is 0. The smallest absolute Gasteiger partial charge is 0.0256 e. The Labute approximate surface area is 230 Å². The topological polar surface area (TPSA) is 0 Å². The van der Waals surface area contributed by atoms with E-state index in [0.29, 0.717) is 11.8 Å². The maximum atomic E-state index is 2.26. The fourth-order valence-corrected chi connectivity index (χ4v) is 4.49. The highest BCUT2D eigenvalue weighted by molar-refractivity contribution is 5.74. The van der Waals surface area contributed by atoms with Gasteiger partial charge in [-0.05, 0) is 69.2 Å². The molecule has 0 spiro atoms. The van der Waals surface area contributed by atoms with Crippen molar-refractivity contribution in [1.82, 2.24) is 0 Å². The van der Waals surface area contributed by atoms with Crippen molar-refractivity contribution in [2.24, 2.45) is 11.8 Å². The van der Waals surface area contributed by atoms with E-state index in [-0.39, 0.29) is 0 Å². The number of rotatable bonds is 10. The lowest BCUT2D eigenvalue weighted by Crippen LogP contribution is -1.93. The van der Waals surface area contributed by atoms with Crippen molar-refractivity contribution in [1.29, 1.82) is 0 Å². The SMILES string of the molecule is CC(C)Cc1ccc(C=Cc2ccc(C=Cc3ccc(C=Cc4ccc(CC(C)C)cc4)cc3)cc2)cc1. The summed E-state index contributed by atoms with van der Waals surface area (Å²) in [6.45, 7) is 9.04. The Kier molecular flexibility index (Phi) is 9.71. The molecule has 0 heterocycles. The van der Waals surface area contributed by atoms with Crippen LogP contribution in [0.5, 0.6) is 0 Å². The van der Waals surface area contributed by atoms with Gasteiger partial charge in [-0.15, -0.1) is 0 Å². The summed E-state index contributed by atoms with van der Waals surface area (Å²) in [6.07, 6.45) is 15.3. The molecule has 38 heavy (non-hydrogen) atoms. The lowest BCUT2D eigenvalue weighted by atomic mass is 10.0. The molecule has 0 aromatic heterocycles. The second-order valence-electron chi connectivity index (χ2n) is 11.0. The molecule has 4 aromatic rings. The normalized spacial score (nSPS) is 12.1. The summed E-state index contributed by atoms with van der Waals surface area (Å²) < 4.78 is 0. The third kappa shape index (κ3) is 8.89. The van der Waals surface area contributed by atoms with E-state index in [1.807, 2.05) is 0 Å². The Balaban J connectivity index is 1.30. The summed E-state index contributed by atoms with van der Waals surface area (Å²) in [5.74, 6) is 1.38. The molecule has 0 atom stereocenters. The standard InChI is InChI=1S/C38H40/c1-29(2)27-37-23-19-35(20-24-37)17-15-33-11-7-31(8-12-33)5-6-32-9-13-34(14-10-32)16-18-36-21-25-38(26-22-36)28-30(3)4/h5-26,29-30H,27-28H2,1-4H3. The van der Waals surface area contributed by atoms with Gasteiger partial charge < -0.3 is 0 Å². The molecule has 0 fully saturated rings. The van der Waals surface area contributed by atoms with Gasteiger partial charge in [0.25, 0.3) is 0 Å². The van der Waals surface area contributed by atoms with Crippen LogP contribution in [-0.2, 0) is 12.8 Å². The Bertz CT molecular complexity index is 1230. The van der Waals surface area contributed by atoms with E-state index in [1.165, 1.54) is 44.5 Å². The fraction of sp³-hybridized carbons (Fsp3) is 0.211. The van der Waals surface area contributed by atoms with Gasteiger partial charge in [0.1, 0.15) is 0 Å². The van der Waals surface area contributed by atoms with Crippen LogP contribution in [0, 0.1) is 11.8 Å². The minimum absolute atomic E-state index is 0.689. The molecule has 0 heteroatoms. The van der Waals surface area contributed by atoms with E-state index in [0.717, 1.165) is 12.8 Å². The first-order valence-electron chi connectivity index (χ1n) is 13.9. The molecule has 0 unspecified atom stereocenters. The van der Waals surface area contributed by atoms with Crippen LogP contribution in [0.4, 0.5) is 0 Å². The molecule has 0 saturated carbocycles. The minimum atomic E-state index is 0.689. The summed E-state index contributed by atoms with van der Waals surface area (Å²) in [5, 5.41) is 0. The quantitative estimate of drug-likeness (QED) is 0.192. The van der Waals surface area contributed by atoms with Gasteiger partial charge in [-0.1, -0.05) is 161 Å². The largest absolute Gasteiger partial charge is 0.0625 e. The predicted molar refractivity (Wildman–Crippen MR) is 170 cm³/mol. The zero-order valence-electron chi connectivity index (χ0n) is 23.3. The number of benzene rings is 4. The van der Waals surface area contributed by atoms with Crippen molar-refractivity contribution in [2.75, 3.05) is 0 Å².